The third-order valence-electron chi connectivity index (χ3n) is 6.27. The molecule has 0 radical (unpaired) electrons. The van der Waals surface area contributed by atoms with Crippen LogP contribution in [0.4, 0.5) is 0 Å². The molecule has 2 unspecified atom stereocenters. The summed E-state index contributed by atoms with van der Waals surface area (Å²) in [6.45, 7) is 7.86. The highest BCUT2D eigenvalue weighted by molar-refractivity contribution is 6.01. The summed E-state index contributed by atoms with van der Waals surface area (Å²) in [6, 6.07) is 5.03. The second-order valence-electron chi connectivity index (χ2n) is 8.60. The van der Waals surface area contributed by atoms with E-state index in [1.54, 1.807) is 17.9 Å². The third kappa shape index (κ3) is 5.57. The third-order valence-corrected chi connectivity index (χ3v) is 6.27. The van der Waals surface area contributed by atoms with E-state index in [-0.39, 0.29) is 17.5 Å². The summed E-state index contributed by atoms with van der Waals surface area (Å²) in [6.07, 6.45) is 6.53. The van der Waals surface area contributed by atoms with E-state index >= 15 is 0 Å². The number of aliphatic hydroxyl groups is 1. The van der Waals surface area contributed by atoms with E-state index in [0.717, 1.165) is 36.8 Å². The van der Waals surface area contributed by atoms with Gasteiger partial charge in [0.15, 0.2) is 5.78 Å². The number of nitrogens with zero attached hydrogens (tertiary/aromatic N) is 1. The molecule has 0 saturated heterocycles. The van der Waals surface area contributed by atoms with Gasteiger partial charge in [-0.1, -0.05) is 58.6 Å². The number of hydrogen-bond donors (Lipinski definition) is 1. The molecule has 1 N–H and O–H groups in total. The lowest BCUT2D eigenvalue weighted by Crippen LogP contribution is -2.40. The maximum atomic E-state index is 13.0. The lowest BCUT2D eigenvalue weighted by atomic mass is 9.83. The van der Waals surface area contributed by atoms with Gasteiger partial charge in [0, 0.05) is 24.9 Å². The van der Waals surface area contributed by atoms with Crippen LogP contribution in [0.2, 0.25) is 0 Å². The second kappa shape index (κ2) is 10.9. The molecule has 0 aliphatic carbocycles. The van der Waals surface area contributed by atoms with E-state index in [2.05, 4.69) is 13.8 Å². The zero-order chi connectivity index (χ0) is 22.3. The van der Waals surface area contributed by atoms with Crippen LogP contribution in [0.3, 0.4) is 0 Å². The van der Waals surface area contributed by atoms with Crippen LogP contribution >= 0.6 is 0 Å². The van der Waals surface area contributed by atoms with Crippen LogP contribution in [-0.4, -0.2) is 33.5 Å². The molecule has 1 aromatic carbocycles. The number of hydrogen-bond acceptors (Lipinski definition) is 4. The van der Waals surface area contributed by atoms with Gasteiger partial charge in [0.25, 0.3) is 5.91 Å². The summed E-state index contributed by atoms with van der Waals surface area (Å²) in [4.78, 5) is 38.6. The van der Waals surface area contributed by atoms with E-state index in [1.807, 2.05) is 12.1 Å². The molecule has 5 heteroatoms. The lowest BCUT2D eigenvalue weighted by molar-refractivity contribution is -0.122. The fraction of sp³-hybridized carbons (Fsp3) is 0.640. The van der Waals surface area contributed by atoms with Gasteiger partial charge in [0.05, 0.1) is 11.6 Å². The molecule has 0 fully saturated rings. The molecule has 2 rings (SSSR count). The Kier molecular flexibility index (Phi) is 8.78. The number of amides is 1. The highest BCUT2D eigenvalue weighted by atomic mass is 16.3. The van der Waals surface area contributed by atoms with Crippen molar-refractivity contribution in [3.8, 4) is 0 Å². The van der Waals surface area contributed by atoms with Gasteiger partial charge in [-0.05, 0) is 43.4 Å². The van der Waals surface area contributed by atoms with E-state index in [4.69, 9.17) is 0 Å². The summed E-state index contributed by atoms with van der Waals surface area (Å²) in [5.41, 5.74) is 1.42. The van der Waals surface area contributed by atoms with Crippen molar-refractivity contribution in [1.29, 1.82) is 0 Å². The number of carbonyl (C=O) groups is 3. The van der Waals surface area contributed by atoms with Gasteiger partial charge in [0.2, 0.25) is 0 Å². The molecule has 1 aliphatic heterocycles. The number of Topliss-reactive ketones (excluding diaryl/α,β-unsaturated/α-hetero) is 2. The van der Waals surface area contributed by atoms with Crippen LogP contribution in [0.25, 0.3) is 0 Å². The second-order valence-corrected chi connectivity index (χ2v) is 8.60. The number of ketones is 2. The minimum Gasteiger partial charge on any atom is -0.385 e. The minimum absolute atomic E-state index is 0.0951. The van der Waals surface area contributed by atoms with Crippen molar-refractivity contribution < 1.29 is 19.5 Å². The molecule has 2 atom stereocenters. The maximum Gasteiger partial charge on any atom is 0.255 e. The van der Waals surface area contributed by atoms with Crippen LogP contribution in [-0.2, 0) is 21.7 Å². The van der Waals surface area contributed by atoms with E-state index in [9.17, 15) is 19.5 Å². The van der Waals surface area contributed by atoms with Crippen molar-refractivity contribution in [3.05, 3.63) is 34.9 Å². The van der Waals surface area contributed by atoms with E-state index in [1.165, 1.54) is 6.92 Å². The fourth-order valence-corrected chi connectivity index (χ4v) is 4.43. The highest BCUT2D eigenvalue weighted by Crippen LogP contribution is 2.36. The Bertz CT molecular complexity index is 772. The van der Waals surface area contributed by atoms with Crippen LogP contribution in [0.5, 0.6) is 0 Å². The van der Waals surface area contributed by atoms with Gasteiger partial charge in [-0.3, -0.25) is 14.4 Å². The fourth-order valence-electron chi connectivity index (χ4n) is 4.43. The molecule has 0 bridgehead atoms. The smallest absolute Gasteiger partial charge is 0.255 e. The lowest BCUT2D eigenvalue weighted by Gasteiger charge is -2.29. The van der Waals surface area contributed by atoms with E-state index < -0.39 is 11.6 Å². The summed E-state index contributed by atoms with van der Waals surface area (Å²) in [5, 5.41) is 11.4. The zero-order valence-electron chi connectivity index (χ0n) is 19.0. The SMILES string of the molecule is CCCCCC(O)(CCC)c1ccc2c(c1)CN(C(CCC(=O)CC)C(C)=O)C2=O. The quantitative estimate of drug-likeness (QED) is 0.464. The van der Waals surface area contributed by atoms with Crippen molar-refractivity contribution in [2.45, 2.75) is 104 Å². The van der Waals surface area contributed by atoms with Crippen LogP contribution < -0.4 is 0 Å². The largest absolute Gasteiger partial charge is 0.385 e. The van der Waals surface area contributed by atoms with Crippen molar-refractivity contribution in [1.82, 2.24) is 4.90 Å². The first-order valence-electron chi connectivity index (χ1n) is 11.5. The molecule has 166 valence electrons. The molecule has 30 heavy (non-hydrogen) atoms. The van der Waals surface area contributed by atoms with Gasteiger partial charge in [-0.25, -0.2) is 0 Å². The van der Waals surface area contributed by atoms with Crippen LogP contribution in [0.15, 0.2) is 18.2 Å². The average molecular weight is 416 g/mol. The van der Waals surface area contributed by atoms with Crippen molar-refractivity contribution in [2.24, 2.45) is 0 Å². The number of benzene rings is 1. The Balaban J connectivity index is 2.25. The monoisotopic (exact) mass is 415 g/mol. The van der Waals surface area contributed by atoms with E-state index in [0.29, 0.717) is 44.2 Å². The zero-order valence-corrected chi connectivity index (χ0v) is 19.0. The summed E-state index contributed by atoms with van der Waals surface area (Å²) in [7, 11) is 0. The molecular formula is C25H37NO4. The van der Waals surface area contributed by atoms with Crippen LogP contribution in [0, 0.1) is 0 Å². The first-order valence-corrected chi connectivity index (χ1v) is 11.5. The van der Waals surface area contributed by atoms with Gasteiger partial charge in [-0.15, -0.1) is 0 Å². The number of fused-ring (bicyclic) bond motifs is 1. The topological polar surface area (TPSA) is 74.7 Å². The number of rotatable bonds is 13. The first kappa shape index (κ1) is 24.3. The van der Waals surface area contributed by atoms with Gasteiger partial charge in [-0.2, -0.15) is 0 Å². The molecule has 1 amide bonds. The Morgan fingerprint density at radius 3 is 2.47 bits per heavy atom. The van der Waals surface area contributed by atoms with Crippen LogP contribution in [0.1, 0.15) is 107 Å². The molecule has 1 aliphatic rings. The molecule has 5 nitrogen and oxygen atoms in total. The summed E-state index contributed by atoms with van der Waals surface area (Å²) in [5.74, 6) is -0.155. The minimum atomic E-state index is -0.886. The van der Waals surface area contributed by atoms with Gasteiger partial charge < -0.3 is 10.0 Å². The highest BCUT2D eigenvalue weighted by Gasteiger charge is 2.36. The van der Waals surface area contributed by atoms with Gasteiger partial charge >= 0.3 is 0 Å². The molecule has 0 spiro atoms. The Morgan fingerprint density at radius 2 is 1.87 bits per heavy atom. The predicted octanol–water partition coefficient (Wildman–Crippen LogP) is 4.93. The van der Waals surface area contributed by atoms with Crippen molar-refractivity contribution in [3.63, 3.8) is 0 Å². The molecule has 1 aromatic rings. The molecule has 1 heterocycles. The predicted molar refractivity (Wildman–Crippen MR) is 118 cm³/mol. The molecular weight excluding hydrogens is 378 g/mol. The number of unbranched alkanes of at least 4 members (excludes halogenated alkanes) is 2. The van der Waals surface area contributed by atoms with Crippen molar-refractivity contribution in [2.75, 3.05) is 0 Å². The van der Waals surface area contributed by atoms with Crippen molar-refractivity contribution >= 4 is 17.5 Å². The molecule has 0 saturated carbocycles. The summed E-state index contributed by atoms with van der Waals surface area (Å²) >= 11 is 0. The Morgan fingerprint density at radius 1 is 1.13 bits per heavy atom. The Hall–Kier alpha value is -2.01. The van der Waals surface area contributed by atoms with Gasteiger partial charge in [0.1, 0.15) is 5.78 Å². The summed E-state index contributed by atoms with van der Waals surface area (Å²) < 4.78 is 0. The Labute approximate surface area is 180 Å². The number of carbonyl (C=O) groups excluding carboxylic acids is 3. The normalized spacial score (nSPS) is 16.3. The standard InChI is InChI=1S/C25H37NO4/c1-5-8-9-15-25(30,14-6-2)20-10-12-22-19(16-20)17-26(24(22)29)23(18(4)27)13-11-21(28)7-3/h10,12,16,23,30H,5-9,11,13-15,17H2,1-4H3. The average Bonchev–Trinajstić information content (AvgIpc) is 3.04. The maximum absolute atomic E-state index is 13.0. The first-order chi connectivity index (χ1) is 14.3. The molecule has 0 aromatic heterocycles.